The zero-order valence-electron chi connectivity index (χ0n) is 8.99. The summed E-state index contributed by atoms with van der Waals surface area (Å²) in [4.78, 5) is 0. The maximum absolute atomic E-state index is 4.29. The number of aromatic nitrogens is 2. The molecule has 1 atom stereocenters. The van der Waals surface area contributed by atoms with Crippen LogP contribution in [0.5, 0.6) is 0 Å². The van der Waals surface area contributed by atoms with Gasteiger partial charge in [-0.2, -0.15) is 8.75 Å². The minimum atomic E-state index is 0.411. The van der Waals surface area contributed by atoms with E-state index in [2.05, 4.69) is 27.9 Å². The van der Waals surface area contributed by atoms with Gasteiger partial charge < -0.3 is 5.32 Å². The van der Waals surface area contributed by atoms with Crippen molar-refractivity contribution < 1.29 is 0 Å². The van der Waals surface area contributed by atoms with E-state index in [-0.39, 0.29) is 0 Å². The Bertz CT molecular complexity index is 215. The van der Waals surface area contributed by atoms with Gasteiger partial charge in [0.15, 0.2) is 0 Å². The second kappa shape index (κ2) is 6.90. The molecule has 4 heteroatoms. The zero-order valence-corrected chi connectivity index (χ0v) is 9.81. The fourth-order valence-electron chi connectivity index (χ4n) is 1.41. The first-order valence-corrected chi connectivity index (χ1v) is 6.12. The van der Waals surface area contributed by atoms with Crippen LogP contribution in [0.25, 0.3) is 0 Å². The Morgan fingerprint density at radius 1 is 1.43 bits per heavy atom. The van der Waals surface area contributed by atoms with Crippen LogP contribution < -0.4 is 5.32 Å². The first-order valence-electron chi connectivity index (χ1n) is 5.39. The van der Waals surface area contributed by atoms with Crippen LogP contribution in [0, 0.1) is 0 Å². The van der Waals surface area contributed by atoms with Crippen molar-refractivity contribution in [2.75, 3.05) is 6.54 Å². The van der Waals surface area contributed by atoms with E-state index in [1.165, 1.54) is 37.4 Å². The molecule has 80 valence electrons. The maximum Gasteiger partial charge on any atom is 0.0912 e. The summed E-state index contributed by atoms with van der Waals surface area (Å²) in [6.45, 7) is 5.46. The molecule has 0 aliphatic carbocycles. The SMILES string of the molecule is CCCCC(NCCC)c1cnsn1. The Morgan fingerprint density at radius 3 is 2.86 bits per heavy atom. The molecule has 1 heterocycles. The summed E-state index contributed by atoms with van der Waals surface area (Å²) in [7, 11) is 0. The first-order chi connectivity index (χ1) is 6.88. The van der Waals surface area contributed by atoms with Gasteiger partial charge in [0, 0.05) is 0 Å². The van der Waals surface area contributed by atoms with E-state index in [0.29, 0.717) is 6.04 Å². The first kappa shape index (κ1) is 11.6. The van der Waals surface area contributed by atoms with E-state index in [0.717, 1.165) is 12.2 Å². The molecule has 3 nitrogen and oxygen atoms in total. The van der Waals surface area contributed by atoms with Crippen molar-refractivity contribution in [2.45, 2.75) is 45.6 Å². The minimum absolute atomic E-state index is 0.411. The molecule has 1 aromatic rings. The van der Waals surface area contributed by atoms with Gasteiger partial charge in [0.1, 0.15) is 0 Å². The Labute approximate surface area is 90.3 Å². The van der Waals surface area contributed by atoms with E-state index in [1.54, 1.807) is 0 Å². The largest absolute Gasteiger partial charge is 0.309 e. The van der Waals surface area contributed by atoms with E-state index in [9.17, 15) is 0 Å². The molecule has 0 bridgehead atoms. The summed E-state index contributed by atoms with van der Waals surface area (Å²) in [6, 6.07) is 0.411. The standard InChI is InChI=1S/C10H19N3S/c1-3-5-6-9(11-7-4-2)10-8-12-14-13-10/h8-9,11H,3-7H2,1-2H3. The molecule has 0 aromatic carbocycles. The van der Waals surface area contributed by atoms with Crippen molar-refractivity contribution in [3.8, 4) is 0 Å². The van der Waals surface area contributed by atoms with Gasteiger partial charge in [-0.1, -0.05) is 26.7 Å². The van der Waals surface area contributed by atoms with Gasteiger partial charge in [-0.15, -0.1) is 0 Å². The van der Waals surface area contributed by atoms with Crippen LogP contribution in [0.4, 0.5) is 0 Å². The average molecular weight is 213 g/mol. The van der Waals surface area contributed by atoms with Crippen LogP contribution in [-0.4, -0.2) is 15.3 Å². The van der Waals surface area contributed by atoms with Crippen molar-refractivity contribution in [3.63, 3.8) is 0 Å². The zero-order chi connectivity index (χ0) is 10.2. The average Bonchev–Trinajstić information content (AvgIpc) is 2.71. The van der Waals surface area contributed by atoms with E-state index in [4.69, 9.17) is 0 Å². The molecule has 14 heavy (non-hydrogen) atoms. The monoisotopic (exact) mass is 213 g/mol. The van der Waals surface area contributed by atoms with Crippen molar-refractivity contribution in [1.29, 1.82) is 0 Å². The summed E-state index contributed by atoms with van der Waals surface area (Å²) >= 11 is 1.29. The fourth-order valence-corrected chi connectivity index (χ4v) is 1.88. The quantitative estimate of drug-likeness (QED) is 0.757. The molecule has 0 saturated heterocycles. The highest BCUT2D eigenvalue weighted by Gasteiger charge is 2.12. The molecular formula is C10H19N3S. The lowest BCUT2D eigenvalue weighted by Crippen LogP contribution is -2.22. The molecule has 1 N–H and O–H groups in total. The molecule has 0 aliphatic rings. The third-order valence-electron chi connectivity index (χ3n) is 2.22. The van der Waals surface area contributed by atoms with Crippen LogP contribution >= 0.6 is 11.7 Å². The molecule has 0 fully saturated rings. The second-order valence-corrected chi connectivity index (χ2v) is 4.04. The Hall–Kier alpha value is -0.480. The molecule has 1 rings (SSSR count). The Kier molecular flexibility index (Phi) is 5.71. The summed E-state index contributed by atoms with van der Waals surface area (Å²) < 4.78 is 8.34. The van der Waals surface area contributed by atoms with Crippen molar-refractivity contribution in [1.82, 2.24) is 14.1 Å². The molecule has 1 aromatic heterocycles. The van der Waals surface area contributed by atoms with Crippen LogP contribution in [0.15, 0.2) is 6.20 Å². The smallest absolute Gasteiger partial charge is 0.0912 e. The molecule has 0 aliphatic heterocycles. The topological polar surface area (TPSA) is 37.8 Å². The lowest BCUT2D eigenvalue weighted by Gasteiger charge is -2.15. The highest BCUT2D eigenvalue weighted by molar-refractivity contribution is 6.99. The summed E-state index contributed by atoms with van der Waals surface area (Å²) in [5.41, 5.74) is 1.11. The molecule has 0 radical (unpaired) electrons. The number of nitrogens with zero attached hydrogens (tertiary/aromatic N) is 2. The van der Waals surface area contributed by atoms with E-state index in [1.807, 2.05) is 6.20 Å². The molecule has 0 saturated carbocycles. The third-order valence-corrected chi connectivity index (χ3v) is 2.71. The van der Waals surface area contributed by atoms with Crippen LogP contribution in [0.1, 0.15) is 51.3 Å². The number of rotatable bonds is 7. The number of hydrogen-bond acceptors (Lipinski definition) is 4. The van der Waals surface area contributed by atoms with Gasteiger partial charge in [0.2, 0.25) is 0 Å². The predicted octanol–water partition coefficient (Wildman–Crippen LogP) is 2.77. The van der Waals surface area contributed by atoms with E-state index < -0.39 is 0 Å². The highest BCUT2D eigenvalue weighted by atomic mass is 32.1. The minimum Gasteiger partial charge on any atom is -0.309 e. The van der Waals surface area contributed by atoms with Gasteiger partial charge in [-0.3, -0.25) is 0 Å². The van der Waals surface area contributed by atoms with Crippen molar-refractivity contribution >= 4 is 11.7 Å². The van der Waals surface area contributed by atoms with E-state index >= 15 is 0 Å². The number of hydrogen-bond donors (Lipinski definition) is 1. The van der Waals surface area contributed by atoms with Gasteiger partial charge in [0.05, 0.1) is 29.7 Å². The molecule has 0 amide bonds. The van der Waals surface area contributed by atoms with Crippen LogP contribution in [-0.2, 0) is 0 Å². The highest BCUT2D eigenvalue weighted by Crippen LogP contribution is 2.17. The van der Waals surface area contributed by atoms with Gasteiger partial charge in [-0.05, 0) is 19.4 Å². The van der Waals surface area contributed by atoms with Crippen LogP contribution in [0.2, 0.25) is 0 Å². The van der Waals surface area contributed by atoms with Crippen LogP contribution in [0.3, 0.4) is 0 Å². The molecule has 1 unspecified atom stereocenters. The molecule has 0 spiro atoms. The Morgan fingerprint density at radius 2 is 2.29 bits per heavy atom. The summed E-state index contributed by atoms with van der Waals surface area (Å²) in [5, 5.41) is 3.51. The van der Waals surface area contributed by atoms with Gasteiger partial charge in [0.25, 0.3) is 0 Å². The number of unbranched alkanes of at least 4 members (excludes halogenated alkanes) is 1. The normalized spacial score (nSPS) is 13.0. The Balaban J connectivity index is 2.44. The van der Waals surface area contributed by atoms with Crippen molar-refractivity contribution in [2.24, 2.45) is 0 Å². The lowest BCUT2D eigenvalue weighted by molar-refractivity contribution is 0.474. The van der Waals surface area contributed by atoms with Gasteiger partial charge >= 0.3 is 0 Å². The summed E-state index contributed by atoms with van der Waals surface area (Å²) in [6.07, 6.45) is 6.70. The maximum atomic E-state index is 4.29. The third kappa shape index (κ3) is 3.72. The molecular weight excluding hydrogens is 194 g/mol. The second-order valence-electron chi connectivity index (χ2n) is 3.48. The van der Waals surface area contributed by atoms with Crippen molar-refractivity contribution in [3.05, 3.63) is 11.9 Å². The fraction of sp³-hybridized carbons (Fsp3) is 0.800. The predicted molar refractivity (Wildman–Crippen MR) is 60.5 cm³/mol. The summed E-state index contributed by atoms with van der Waals surface area (Å²) in [5.74, 6) is 0. The number of nitrogens with one attached hydrogen (secondary N) is 1. The van der Waals surface area contributed by atoms with Gasteiger partial charge in [-0.25, -0.2) is 0 Å². The lowest BCUT2D eigenvalue weighted by atomic mass is 10.1.